The molecule has 3 fully saturated rings. The number of fused-ring (bicyclic) bond motifs is 16. The number of likely N-dealkylation sites (N-methyl/N-ethyl adjacent to an activating group) is 1. The third kappa shape index (κ3) is 19.9. The molecule has 14 rings (SSSR count). The van der Waals surface area contributed by atoms with E-state index in [9.17, 15) is 94.8 Å². The van der Waals surface area contributed by atoms with Crippen molar-refractivity contribution >= 4 is 100 Å². The number of aromatic hydroxyl groups is 3. The lowest BCUT2D eigenvalue weighted by atomic mass is 9.83. The second-order valence-electron chi connectivity index (χ2n) is 30.4. The molecule has 8 amide bonds. The molecule has 660 valence electrons. The summed E-state index contributed by atoms with van der Waals surface area (Å²) >= 11 is 15.5. The molecule has 9 aliphatic heterocycles. The Balaban J connectivity index is 0.000000648. The summed E-state index contributed by atoms with van der Waals surface area (Å²) in [6.07, 6.45) is -17.6. The number of β-lactam (4-membered cyclic amide) rings is 1. The minimum Gasteiger partial charge on any atom is -0.508 e. The number of aliphatic carboxylic acids is 2. The molecule has 9 heterocycles. The zero-order valence-corrected chi connectivity index (χ0v) is 68.2. The number of nitrogens with one attached hydrogen (secondary N) is 7. The first kappa shape index (κ1) is 93.5. The van der Waals surface area contributed by atoms with Gasteiger partial charge in [0.25, 0.3) is 0 Å². The summed E-state index contributed by atoms with van der Waals surface area (Å²) < 4.78 is 38.3. The zero-order valence-electron chi connectivity index (χ0n) is 65.8. The van der Waals surface area contributed by atoms with E-state index < -0.39 is 255 Å². The first-order valence-corrected chi connectivity index (χ1v) is 39.7. The van der Waals surface area contributed by atoms with Crippen molar-refractivity contribution in [3.8, 4) is 57.1 Å². The molecule has 0 aromatic heterocycles. The Morgan fingerprint density at radius 1 is 0.762 bits per heavy atom. The number of aliphatic imine (C=N–C) groups is 1. The number of ether oxygens (including phenoxy) is 6. The van der Waals surface area contributed by atoms with Crippen LogP contribution in [0.1, 0.15) is 118 Å². The number of hydrogen-bond acceptors (Lipinski definition) is 30. The predicted octanol–water partition coefficient (Wildman–Crippen LogP) is -1.10. The van der Waals surface area contributed by atoms with Crippen LogP contribution in [0, 0.1) is 11.8 Å². The monoisotopic (exact) mass is 1760 g/mol. The highest BCUT2D eigenvalue weighted by Gasteiger charge is 2.57. The minimum atomic E-state index is -2.35. The average Bonchev–Trinajstić information content (AvgIpc) is 1.56. The number of aliphatic hydroxyl groups is 7. The van der Waals surface area contributed by atoms with Crippen molar-refractivity contribution in [2.75, 3.05) is 26.0 Å². The van der Waals surface area contributed by atoms with Crippen molar-refractivity contribution in [2.45, 2.75) is 182 Å². The number of hydrogen-bond donors (Lipinski definition) is 22. The lowest BCUT2D eigenvalue weighted by Gasteiger charge is -2.47. The van der Waals surface area contributed by atoms with Gasteiger partial charge in [-0.15, -0.1) is 11.8 Å². The van der Waals surface area contributed by atoms with E-state index in [0.29, 0.717) is 23.6 Å². The van der Waals surface area contributed by atoms with Gasteiger partial charge in [0.1, 0.15) is 95.2 Å². The van der Waals surface area contributed by atoms with Crippen LogP contribution in [-0.4, -0.2) is 254 Å². The van der Waals surface area contributed by atoms with E-state index in [0.717, 1.165) is 66.7 Å². The Hall–Kier alpha value is -10.8. The third-order valence-electron chi connectivity index (χ3n) is 21.3. The van der Waals surface area contributed by atoms with E-state index in [-0.39, 0.29) is 69.3 Å². The fraction of sp³-hybridized carbons (Fsp3) is 0.449. The standard InChI is InChI=1S/C66H75Cl2N9O24.C12H17N3O4S.H2O/c1-23(2)12-34(71-5)58(88)76-49-51(83)26-7-10-38(32(67)14-26)97-40-16-28-17-41(55(40)101-65-56(54(86)53(85)42(22-78)99-65)100-44-21-66(4,70)57(87)24(3)96-44)98-39-11-8-27(15-33(39)68)52(84)50-63(93)75-48(64(94)95)31-18-29(79)19-37(81)45(31)30-13-25(6-9-36(30)80)46(60(90)77-50)74-61(91)47(28)73-59(89)35(20-43(69)82)72-62(49)92;1-6(16)9-7-4-8(20-3-2-14-5-13)10(12(18)19)15(7)11(9)17;/h6-11,13-19,23-24,34-35,42,44,46-54,56-57,65,71,78-81,83-87H,12,20-22,70H2,1-5H3,(H2,69,82)(H,72,92)(H,73,89)(H,74,91)(H,75,93)(H,76,88)(H,77,90)(H,94,95);5-7,9,16H,2-4H2,1H3,(H2,13,14)(H,18,19);1H2/t24-,34+,35-,42+,44-,46+,47+,48+,49+,50-,51+,52+,53+,54-,56+,57?,65-,66-;6-,7-,9-;/m01./s1. The van der Waals surface area contributed by atoms with E-state index in [1.807, 2.05) is 13.8 Å². The number of aliphatic hydroxyl groups excluding tert-OH is 7. The van der Waals surface area contributed by atoms with Gasteiger partial charge >= 0.3 is 11.9 Å². The molecule has 5 aromatic carbocycles. The number of amides is 8. The predicted molar refractivity (Wildman–Crippen MR) is 428 cm³/mol. The van der Waals surface area contributed by atoms with E-state index >= 15 is 14.4 Å². The lowest BCUT2D eigenvalue weighted by Crippen LogP contribution is -2.64. The van der Waals surface area contributed by atoms with E-state index in [1.165, 1.54) is 56.0 Å². The molecule has 0 radical (unpaired) electrons. The van der Waals surface area contributed by atoms with Crippen molar-refractivity contribution < 1.29 is 143 Å². The number of nitrogens with zero attached hydrogens (tertiary/aromatic N) is 2. The number of carbonyl (C=O) groups is 10. The molecule has 9 aliphatic rings. The molecular formula is C78H94Cl2N12O29S. The number of phenolic OH excluding ortho intramolecular Hbond substituents is 3. The number of carboxylic acid groups (broad SMARTS) is 2. The number of nitrogens with two attached hydrogens (primary N) is 3. The van der Waals surface area contributed by atoms with Crippen molar-refractivity contribution in [3.05, 3.63) is 127 Å². The minimum absolute atomic E-state index is 0. The van der Waals surface area contributed by atoms with Gasteiger partial charge < -0.3 is 154 Å². The first-order chi connectivity index (χ1) is 57.1. The van der Waals surface area contributed by atoms with Gasteiger partial charge in [0.15, 0.2) is 29.9 Å². The molecule has 3 saturated heterocycles. The molecule has 0 saturated carbocycles. The Morgan fingerprint density at radius 2 is 1.38 bits per heavy atom. The Labute approximate surface area is 708 Å². The smallest absolute Gasteiger partial charge is 0.353 e. The van der Waals surface area contributed by atoms with Crippen LogP contribution in [0.5, 0.6) is 46.0 Å². The summed E-state index contributed by atoms with van der Waals surface area (Å²) in [5.74, 6) is -17.3. The van der Waals surface area contributed by atoms with Gasteiger partial charge in [-0.1, -0.05) is 55.2 Å². The maximum absolute atomic E-state index is 16.0. The second-order valence-corrected chi connectivity index (χ2v) is 32.4. The van der Waals surface area contributed by atoms with Crippen molar-refractivity contribution in [1.29, 1.82) is 0 Å². The summed E-state index contributed by atoms with van der Waals surface area (Å²) in [6.45, 7) is 7.71. The lowest BCUT2D eigenvalue weighted by molar-refractivity contribution is -0.333. The Bertz CT molecular complexity index is 4930. The normalized spacial score (nSPS) is 28.8. The van der Waals surface area contributed by atoms with Crippen LogP contribution in [0.25, 0.3) is 11.1 Å². The molecule has 1 unspecified atom stereocenters. The van der Waals surface area contributed by atoms with Crippen molar-refractivity contribution in [3.63, 3.8) is 0 Å². The highest BCUT2D eigenvalue weighted by atomic mass is 35.5. The molecule has 0 aliphatic carbocycles. The number of halogens is 2. The largest absolute Gasteiger partial charge is 0.508 e. The van der Waals surface area contributed by atoms with E-state index in [1.54, 1.807) is 6.92 Å². The fourth-order valence-corrected chi connectivity index (χ4v) is 16.7. The number of carboxylic acids is 2. The zero-order chi connectivity index (χ0) is 88.4. The molecule has 41 nitrogen and oxygen atoms in total. The number of primary amides is 1. The number of benzene rings is 5. The highest BCUT2D eigenvalue weighted by molar-refractivity contribution is 8.03. The molecular weight excluding hydrogens is 1670 g/mol. The molecule has 44 heteroatoms. The van der Waals surface area contributed by atoms with Crippen LogP contribution in [0.3, 0.4) is 0 Å². The first-order valence-electron chi connectivity index (χ1n) is 37.9. The van der Waals surface area contributed by atoms with Gasteiger partial charge in [-0.25, -0.2) is 9.59 Å². The second kappa shape index (κ2) is 38.7. The van der Waals surface area contributed by atoms with Crippen LogP contribution in [-0.2, 0) is 62.2 Å². The summed E-state index contributed by atoms with van der Waals surface area (Å²) in [5.41, 5.74) is 13.2. The molecule has 5 aromatic rings. The SMILES string of the molecule is CN[C@H](CC(C)C)C(=O)N[C@H]1C(=O)N[C@@H](CC(N)=O)C(=O)N[C@H]2C(=O)N[C@H]3C(=O)N[C@H](C(=O)N[C@@H](C(=O)O)c4cc(O)cc(O)c4-c4cc3ccc4O)[C@H](O)c3ccc(c(Cl)c3)Oc3cc2cc(c3O[C@@H]2O[C@H](CO)[C@@H](O)[C@H](O)[C@H]2O[C@H]2C[C@](C)(N)C(O)[C@H](C)O2)Oc2ccc(cc2Cl)[C@H]1O.C[C@@H](O)[C@H]1C(=O)N2C(C(=O)O)=C(SCCN=CN)C[C@H]12.O. The fourth-order valence-electron chi connectivity index (χ4n) is 15.1. The molecule has 21 atom stereocenters. The van der Waals surface area contributed by atoms with Crippen LogP contribution >= 0.6 is 35.0 Å². The van der Waals surface area contributed by atoms with Crippen molar-refractivity contribution in [1.82, 2.24) is 42.1 Å². The van der Waals surface area contributed by atoms with Gasteiger partial charge in [0.2, 0.25) is 59.3 Å². The Morgan fingerprint density at radius 3 is 1.95 bits per heavy atom. The summed E-state index contributed by atoms with van der Waals surface area (Å²) in [5, 5.41) is 149. The van der Waals surface area contributed by atoms with Crippen LogP contribution in [0.4, 0.5) is 0 Å². The average molecular weight is 1770 g/mol. The van der Waals surface area contributed by atoms with Crippen LogP contribution in [0.2, 0.25) is 10.0 Å². The number of thioether (sulfide) groups is 1. The number of rotatable bonds is 19. The Kier molecular flexibility index (Phi) is 29.7. The molecule has 0 spiro atoms. The summed E-state index contributed by atoms with van der Waals surface area (Å²) in [7, 11) is 1.47. The maximum atomic E-state index is 16.0. The number of carbonyl (C=O) groups excluding carboxylic acids is 8. The van der Waals surface area contributed by atoms with Crippen molar-refractivity contribution in [2.24, 2.45) is 34.0 Å². The topological polar surface area (TPSA) is 678 Å². The van der Waals surface area contributed by atoms with Gasteiger partial charge in [-0.3, -0.25) is 43.3 Å². The molecule has 122 heavy (non-hydrogen) atoms. The van der Waals surface area contributed by atoms with Gasteiger partial charge in [0, 0.05) is 51.8 Å². The van der Waals surface area contributed by atoms with Gasteiger partial charge in [-0.2, -0.15) is 0 Å². The highest BCUT2D eigenvalue weighted by Crippen LogP contribution is 2.51. The van der Waals surface area contributed by atoms with Crippen LogP contribution < -0.4 is 68.6 Å². The number of phenols is 3. The van der Waals surface area contributed by atoms with Gasteiger partial charge in [-0.05, 0) is 117 Å². The molecule has 27 N–H and O–H groups in total. The molecule has 11 bridgehead atoms. The van der Waals surface area contributed by atoms with Crippen LogP contribution in [0.15, 0.2) is 94.5 Å². The van der Waals surface area contributed by atoms with E-state index in [2.05, 4.69) is 42.2 Å². The third-order valence-corrected chi connectivity index (χ3v) is 23.0. The quantitative estimate of drug-likeness (QED) is 0.0202. The maximum Gasteiger partial charge on any atom is 0.353 e. The van der Waals surface area contributed by atoms with Gasteiger partial charge in [0.05, 0.1) is 72.3 Å². The van der Waals surface area contributed by atoms with E-state index in [4.69, 9.17) is 68.8 Å². The summed E-state index contributed by atoms with van der Waals surface area (Å²) in [6, 6.07) is -0.906. The summed E-state index contributed by atoms with van der Waals surface area (Å²) in [4.78, 5) is 146.